The first-order chi connectivity index (χ1) is 9.04. The molecule has 2 unspecified atom stereocenters. The van der Waals surface area contributed by atoms with Crippen LogP contribution in [0.5, 0.6) is 0 Å². The van der Waals surface area contributed by atoms with Gasteiger partial charge in [-0.1, -0.05) is 0 Å². The molecule has 1 fully saturated rings. The molecule has 2 atom stereocenters. The summed E-state index contributed by atoms with van der Waals surface area (Å²) in [6.07, 6.45) is 0.787. The number of urea groups is 1. The molecular formula is C10H15N5O4. The smallest absolute Gasteiger partial charge is 0.325 e. The lowest BCUT2D eigenvalue weighted by Crippen LogP contribution is -2.64. The number of hydrogen-bond acceptors (Lipinski definition) is 6. The minimum absolute atomic E-state index is 0.0554. The number of likely N-dealkylation sites (N-methyl/N-ethyl adjacent to an activating group) is 1. The highest BCUT2D eigenvalue weighted by Gasteiger charge is 2.45. The van der Waals surface area contributed by atoms with Gasteiger partial charge in [-0.25, -0.2) is 9.79 Å². The predicted octanol–water partition coefficient (Wildman–Crippen LogP) is -2.68. The summed E-state index contributed by atoms with van der Waals surface area (Å²) in [5, 5.41) is 13.3. The SMILES string of the molecule is CN1C(=O)NC(=O)C2C1N=CN2CC(=O)NCCO. The van der Waals surface area contributed by atoms with E-state index in [-0.39, 0.29) is 25.6 Å². The zero-order chi connectivity index (χ0) is 14.0. The highest BCUT2D eigenvalue weighted by atomic mass is 16.3. The van der Waals surface area contributed by atoms with Crippen LogP contribution in [-0.2, 0) is 9.59 Å². The molecule has 3 N–H and O–H groups in total. The van der Waals surface area contributed by atoms with E-state index >= 15 is 0 Å². The van der Waals surface area contributed by atoms with Crippen molar-refractivity contribution in [1.29, 1.82) is 0 Å². The molecule has 2 heterocycles. The van der Waals surface area contributed by atoms with E-state index in [0.717, 1.165) is 0 Å². The van der Waals surface area contributed by atoms with Gasteiger partial charge in [-0.15, -0.1) is 0 Å². The zero-order valence-electron chi connectivity index (χ0n) is 10.4. The predicted molar refractivity (Wildman–Crippen MR) is 64.2 cm³/mol. The third-order valence-corrected chi connectivity index (χ3v) is 2.98. The summed E-state index contributed by atoms with van der Waals surface area (Å²) in [5.41, 5.74) is 0. The van der Waals surface area contributed by atoms with Gasteiger partial charge in [0.25, 0.3) is 5.91 Å². The molecule has 0 aromatic heterocycles. The molecule has 9 heteroatoms. The Morgan fingerprint density at radius 2 is 2.32 bits per heavy atom. The van der Waals surface area contributed by atoms with E-state index < -0.39 is 24.1 Å². The van der Waals surface area contributed by atoms with Crippen molar-refractivity contribution in [2.24, 2.45) is 4.99 Å². The van der Waals surface area contributed by atoms with Crippen LogP contribution in [0.4, 0.5) is 4.79 Å². The Kier molecular flexibility index (Phi) is 3.65. The van der Waals surface area contributed by atoms with Crippen LogP contribution < -0.4 is 10.6 Å². The quantitative estimate of drug-likeness (QED) is 0.514. The van der Waals surface area contributed by atoms with Gasteiger partial charge in [0.2, 0.25) is 5.91 Å². The van der Waals surface area contributed by atoms with Crippen molar-refractivity contribution in [2.45, 2.75) is 12.2 Å². The Morgan fingerprint density at radius 3 is 3.00 bits per heavy atom. The van der Waals surface area contributed by atoms with Crippen LogP contribution in [0, 0.1) is 0 Å². The van der Waals surface area contributed by atoms with Gasteiger partial charge in [0.1, 0.15) is 0 Å². The lowest BCUT2D eigenvalue weighted by atomic mass is 10.1. The molecule has 1 saturated heterocycles. The fourth-order valence-electron chi connectivity index (χ4n) is 2.02. The van der Waals surface area contributed by atoms with Crippen molar-refractivity contribution in [1.82, 2.24) is 20.4 Å². The molecule has 2 aliphatic rings. The molecule has 0 aliphatic carbocycles. The van der Waals surface area contributed by atoms with Gasteiger partial charge >= 0.3 is 6.03 Å². The monoisotopic (exact) mass is 269 g/mol. The van der Waals surface area contributed by atoms with Crippen molar-refractivity contribution in [3.05, 3.63) is 0 Å². The van der Waals surface area contributed by atoms with Crippen LogP contribution in [0.3, 0.4) is 0 Å². The number of aliphatic hydroxyl groups is 1. The number of carbonyl (C=O) groups is 3. The molecule has 4 amide bonds. The van der Waals surface area contributed by atoms with Crippen molar-refractivity contribution in [2.75, 3.05) is 26.7 Å². The zero-order valence-corrected chi connectivity index (χ0v) is 10.4. The highest BCUT2D eigenvalue weighted by Crippen LogP contribution is 2.20. The third-order valence-electron chi connectivity index (χ3n) is 2.98. The number of amides is 4. The summed E-state index contributed by atoms with van der Waals surface area (Å²) in [7, 11) is 1.53. The Balaban J connectivity index is 2.01. The number of nitrogens with zero attached hydrogens (tertiary/aromatic N) is 3. The van der Waals surface area contributed by atoms with Gasteiger partial charge in [0, 0.05) is 13.6 Å². The molecule has 0 bridgehead atoms. The molecule has 0 saturated carbocycles. The van der Waals surface area contributed by atoms with Gasteiger partial charge in [0.15, 0.2) is 12.2 Å². The first kappa shape index (κ1) is 13.3. The van der Waals surface area contributed by atoms with E-state index in [1.165, 1.54) is 23.2 Å². The number of nitrogens with one attached hydrogen (secondary N) is 2. The summed E-state index contributed by atoms with van der Waals surface area (Å²) < 4.78 is 0. The van der Waals surface area contributed by atoms with Crippen LogP contribution in [0.15, 0.2) is 4.99 Å². The highest BCUT2D eigenvalue weighted by molar-refractivity contribution is 6.02. The molecule has 9 nitrogen and oxygen atoms in total. The lowest BCUT2D eigenvalue weighted by Gasteiger charge is -2.35. The van der Waals surface area contributed by atoms with Crippen LogP contribution in [0.25, 0.3) is 0 Å². The third kappa shape index (κ3) is 2.50. The number of rotatable bonds is 4. The molecule has 104 valence electrons. The summed E-state index contributed by atoms with van der Waals surface area (Å²) in [6.45, 7) is -0.0494. The minimum atomic E-state index is -0.692. The molecule has 0 aromatic rings. The normalized spacial score (nSPS) is 25.4. The maximum atomic E-state index is 11.8. The molecule has 0 spiro atoms. The molecule has 2 rings (SSSR count). The van der Waals surface area contributed by atoms with Crippen molar-refractivity contribution < 1.29 is 19.5 Å². The summed E-state index contributed by atoms with van der Waals surface area (Å²) in [6, 6.07) is -1.20. The van der Waals surface area contributed by atoms with Gasteiger partial charge in [0.05, 0.1) is 19.5 Å². The number of hydrogen-bond donors (Lipinski definition) is 3. The van der Waals surface area contributed by atoms with E-state index in [2.05, 4.69) is 15.6 Å². The first-order valence-electron chi connectivity index (χ1n) is 5.79. The van der Waals surface area contributed by atoms with E-state index in [1.54, 1.807) is 0 Å². The average Bonchev–Trinajstić information content (AvgIpc) is 2.78. The van der Waals surface area contributed by atoms with Gasteiger partial charge in [-0.05, 0) is 0 Å². The van der Waals surface area contributed by atoms with Crippen LogP contribution in [-0.4, -0.2) is 78.0 Å². The number of carbonyl (C=O) groups excluding carboxylic acids is 3. The Bertz CT molecular complexity index is 438. The minimum Gasteiger partial charge on any atom is -0.395 e. The second-order valence-corrected chi connectivity index (χ2v) is 4.27. The molecule has 0 aromatic carbocycles. The summed E-state index contributed by atoms with van der Waals surface area (Å²) in [5.74, 6) is -0.797. The average molecular weight is 269 g/mol. The summed E-state index contributed by atoms with van der Waals surface area (Å²) in [4.78, 5) is 41.6. The number of imide groups is 1. The van der Waals surface area contributed by atoms with E-state index in [1.807, 2.05) is 0 Å². The molecule has 2 aliphatic heterocycles. The number of fused-ring (bicyclic) bond motifs is 1. The summed E-state index contributed by atoms with van der Waals surface area (Å²) >= 11 is 0. The second-order valence-electron chi connectivity index (χ2n) is 4.27. The van der Waals surface area contributed by atoms with Gasteiger partial charge in [-0.2, -0.15) is 0 Å². The number of aliphatic hydroxyl groups excluding tert-OH is 1. The Labute approximate surface area is 109 Å². The van der Waals surface area contributed by atoms with Gasteiger partial charge in [-0.3, -0.25) is 14.9 Å². The first-order valence-corrected chi connectivity index (χ1v) is 5.79. The molecule has 19 heavy (non-hydrogen) atoms. The second kappa shape index (κ2) is 5.22. The standard InChI is InChI=1S/C10H15N5O4/c1-14-8-7(9(18)13-10(14)19)15(5-12-8)4-6(17)11-2-3-16/h5,7-8,16H,2-4H2,1H3,(H,11,17)(H,13,18,19). The van der Waals surface area contributed by atoms with E-state index in [0.29, 0.717) is 0 Å². The van der Waals surface area contributed by atoms with Crippen molar-refractivity contribution >= 4 is 24.2 Å². The van der Waals surface area contributed by atoms with Crippen molar-refractivity contribution in [3.8, 4) is 0 Å². The largest absolute Gasteiger partial charge is 0.395 e. The lowest BCUT2D eigenvalue weighted by molar-refractivity contribution is -0.128. The Morgan fingerprint density at radius 1 is 1.58 bits per heavy atom. The van der Waals surface area contributed by atoms with Crippen LogP contribution in [0.1, 0.15) is 0 Å². The van der Waals surface area contributed by atoms with Gasteiger partial charge < -0.3 is 20.2 Å². The fraction of sp³-hybridized carbons (Fsp3) is 0.600. The Hall–Kier alpha value is -2.16. The fourth-order valence-corrected chi connectivity index (χ4v) is 2.02. The van der Waals surface area contributed by atoms with E-state index in [9.17, 15) is 14.4 Å². The maximum absolute atomic E-state index is 11.8. The molecular weight excluding hydrogens is 254 g/mol. The maximum Gasteiger partial charge on any atom is 0.325 e. The van der Waals surface area contributed by atoms with Crippen molar-refractivity contribution in [3.63, 3.8) is 0 Å². The topological polar surface area (TPSA) is 114 Å². The van der Waals surface area contributed by atoms with Crippen LogP contribution in [0.2, 0.25) is 0 Å². The molecule has 0 radical (unpaired) electrons. The van der Waals surface area contributed by atoms with Crippen LogP contribution >= 0.6 is 0 Å². The van der Waals surface area contributed by atoms with E-state index in [4.69, 9.17) is 5.11 Å². The number of aliphatic imine (C=N–C) groups is 1.